The molecule has 140 valence electrons. The summed E-state index contributed by atoms with van der Waals surface area (Å²) in [6.45, 7) is 9.93. The van der Waals surface area contributed by atoms with Gasteiger partial charge in [0.15, 0.2) is 6.29 Å². The van der Waals surface area contributed by atoms with Crippen LogP contribution in [0.3, 0.4) is 0 Å². The maximum atomic E-state index is 12.2. The number of unbranched alkanes of at least 4 members (excludes halogenated alkanes) is 1. The fourth-order valence-corrected chi connectivity index (χ4v) is 2.68. The first kappa shape index (κ1) is 19.8. The van der Waals surface area contributed by atoms with Gasteiger partial charge in [-0.2, -0.15) is 0 Å². The number of aldehydes is 1. The quantitative estimate of drug-likeness (QED) is 0.549. The van der Waals surface area contributed by atoms with Crippen molar-refractivity contribution < 1.29 is 19.1 Å². The third kappa shape index (κ3) is 4.75. The summed E-state index contributed by atoms with van der Waals surface area (Å²) < 4.78 is 11.3. The molecule has 0 aliphatic heterocycles. The van der Waals surface area contributed by atoms with Crippen molar-refractivity contribution in [3.05, 3.63) is 35.4 Å². The van der Waals surface area contributed by atoms with Crippen molar-refractivity contribution in [2.24, 2.45) is 0 Å². The monoisotopic (exact) mass is 357 g/mol. The smallest absolute Gasteiger partial charge is 0.412 e. The second-order valence-electron chi connectivity index (χ2n) is 7.28. The Morgan fingerprint density at radius 1 is 1.23 bits per heavy atom. The summed E-state index contributed by atoms with van der Waals surface area (Å²) in [5, 5.41) is 4.40. The highest BCUT2D eigenvalue weighted by molar-refractivity contribution is 6.06. The first-order valence-electron chi connectivity index (χ1n) is 8.91. The highest BCUT2D eigenvalue weighted by atomic mass is 16.6. The minimum atomic E-state index is -0.580. The first-order chi connectivity index (χ1) is 12.3. The van der Waals surface area contributed by atoms with Gasteiger partial charge in [0.05, 0.1) is 17.9 Å². The van der Waals surface area contributed by atoms with Crippen molar-refractivity contribution in [2.75, 3.05) is 11.9 Å². The normalized spacial score (nSPS) is 11.3. The van der Waals surface area contributed by atoms with Crippen molar-refractivity contribution in [2.45, 2.75) is 53.1 Å². The molecule has 1 amide bonds. The fraction of sp³-hybridized carbons (Fsp3) is 0.429. The van der Waals surface area contributed by atoms with Crippen LogP contribution in [0.2, 0.25) is 0 Å². The molecule has 1 N–H and O–H groups in total. The van der Waals surface area contributed by atoms with Gasteiger partial charge in [-0.25, -0.2) is 4.79 Å². The number of aryl methyl sites for hydroxylation is 1. The highest BCUT2D eigenvalue weighted by Crippen LogP contribution is 2.36. The summed E-state index contributed by atoms with van der Waals surface area (Å²) in [6, 6.07) is 7.41. The predicted octanol–water partition coefficient (Wildman–Crippen LogP) is 5.49. The van der Waals surface area contributed by atoms with Gasteiger partial charge in [-0.1, -0.05) is 25.5 Å². The Morgan fingerprint density at radius 2 is 1.96 bits per heavy atom. The van der Waals surface area contributed by atoms with E-state index < -0.39 is 11.7 Å². The van der Waals surface area contributed by atoms with Gasteiger partial charge >= 0.3 is 6.09 Å². The Hall–Kier alpha value is -2.56. The Kier molecular flexibility index (Phi) is 6.24. The van der Waals surface area contributed by atoms with Gasteiger partial charge in [-0.3, -0.25) is 10.1 Å². The Balaban J connectivity index is 2.48. The van der Waals surface area contributed by atoms with Crippen LogP contribution in [0.1, 0.15) is 56.5 Å². The Morgan fingerprint density at radius 3 is 2.58 bits per heavy atom. The van der Waals surface area contributed by atoms with E-state index in [9.17, 15) is 9.59 Å². The number of fused-ring (bicyclic) bond motifs is 1. The summed E-state index contributed by atoms with van der Waals surface area (Å²) in [5.74, 6) is 0.566. The predicted molar refractivity (Wildman–Crippen MR) is 104 cm³/mol. The van der Waals surface area contributed by atoms with E-state index in [2.05, 4.69) is 12.2 Å². The van der Waals surface area contributed by atoms with E-state index in [0.29, 0.717) is 23.6 Å². The molecule has 5 heteroatoms. The minimum Gasteiger partial charge on any atom is -0.492 e. The molecule has 0 saturated carbocycles. The lowest BCUT2D eigenvalue weighted by molar-refractivity contribution is 0.0636. The molecule has 26 heavy (non-hydrogen) atoms. The molecule has 0 atom stereocenters. The zero-order valence-corrected chi connectivity index (χ0v) is 16.1. The Bertz CT molecular complexity index is 806. The van der Waals surface area contributed by atoms with Crippen molar-refractivity contribution in [3.63, 3.8) is 0 Å². The number of ether oxygens (including phenoxy) is 2. The number of carbonyl (C=O) groups excluding carboxylic acids is 2. The molecule has 0 fully saturated rings. The largest absolute Gasteiger partial charge is 0.492 e. The molecule has 0 aliphatic rings. The molecule has 2 aromatic rings. The van der Waals surface area contributed by atoms with E-state index >= 15 is 0 Å². The lowest BCUT2D eigenvalue weighted by Crippen LogP contribution is -2.27. The zero-order valence-electron chi connectivity index (χ0n) is 16.1. The molecule has 2 aromatic carbocycles. The number of anilines is 1. The van der Waals surface area contributed by atoms with Gasteiger partial charge in [-0.05, 0) is 51.8 Å². The van der Waals surface area contributed by atoms with E-state index in [0.717, 1.165) is 35.5 Å². The van der Waals surface area contributed by atoms with Crippen LogP contribution >= 0.6 is 0 Å². The van der Waals surface area contributed by atoms with Gasteiger partial charge < -0.3 is 9.47 Å². The van der Waals surface area contributed by atoms with E-state index in [1.807, 2.05) is 52.0 Å². The molecule has 2 rings (SSSR count). The average Bonchev–Trinajstić information content (AvgIpc) is 2.54. The lowest BCUT2D eigenvalue weighted by atomic mass is 9.99. The number of amides is 1. The number of carbonyl (C=O) groups is 2. The van der Waals surface area contributed by atoms with Gasteiger partial charge in [0.25, 0.3) is 0 Å². The van der Waals surface area contributed by atoms with Gasteiger partial charge in [0.2, 0.25) is 0 Å². The first-order valence-corrected chi connectivity index (χ1v) is 8.91. The number of nitrogens with one attached hydrogen (secondary N) is 1. The molecular weight excluding hydrogens is 330 g/mol. The van der Waals surface area contributed by atoms with Crippen LogP contribution in [0.25, 0.3) is 10.8 Å². The fourth-order valence-electron chi connectivity index (χ4n) is 2.68. The lowest BCUT2D eigenvalue weighted by Gasteiger charge is -2.21. The molecular formula is C21H27NO4. The third-order valence-electron chi connectivity index (χ3n) is 3.88. The number of benzene rings is 2. The molecule has 0 radical (unpaired) electrons. The summed E-state index contributed by atoms with van der Waals surface area (Å²) in [6.07, 6.45) is 2.22. The number of hydrogen-bond donors (Lipinski definition) is 1. The van der Waals surface area contributed by atoms with Crippen LogP contribution in [0.5, 0.6) is 5.75 Å². The maximum Gasteiger partial charge on any atom is 0.412 e. The second kappa shape index (κ2) is 8.21. The molecule has 0 aromatic heterocycles. The maximum absolute atomic E-state index is 12.2. The van der Waals surface area contributed by atoms with Crippen molar-refractivity contribution in [1.29, 1.82) is 0 Å². The zero-order chi connectivity index (χ0) is 19.3. The minimum absolute atomic E-state index is 0.518. The molecule has 5 nitrogen and oxygen atoms in total. The van der Waals surface area contributed by atoms with Gasteiger partial charge in [0.1, 0.15) is 11.4 Å². The standard InChI is InChI=1S/C21H27NO4/c1-6-7-11-25-19-15-9-8-10-18(22-20(24)26-21(3,4)5)16(15)12-14(2)17(19)13-23/h8-10,12-13H,6-7,11H2,1-5H3,(H,22,24). The van der Waals surface area contributed by atoms with Crippen molar-refractivity contribution in [1.82, 2.24) is 0 Å². The van der Waals surface area contributed by atoms with Crippen molar-refractivity contribution >= 4 is 28.8 Å². The van der Waals surface area contributed by atoms with Crippen LogP contribution < -0.4 is 10.1 Å². The van der Waals surface area contributed by atoms with Gasteiger partial charge in [0, 0.05) is 10.8 Å². The second-order valence-corrected chi connectivity index (χ2v) is 7.28. The summed E-state index contributed by atoms with van der Waals surface area (Å²) in [5.41, 5.74) is 1.39. The van der Waals surface area contributed by atoms with Gasteiger partial charge in [-0.15, -0.1) is 0 Å². The molecule has 0 bridgehead atoms. The van der Waals surface area contributed by atoms with Crippen LogP contribution in [-0.2, 0) is 4.74 Å². The topological polar surface area (TPSA) is 64.6 Å². The third-order valence-corrected chi connectivity index (χ3v) is 3.88. The van der Waals surface area contributed by atoms with Crippen LogP contribution in [0, 0.1) is 6.92 Å². The van der Waals surface area contributed by atoms with E-state index in [-0.39, 0.29) is 0 Å². The SMILES string of the molecule is CCCCOc1c(C=O)c(C)cc2c(NC(=O)OC(C)(C)C)cccc12. The van der Waals surface area contributed by atoms with E-state index in [4.69, 9.17) is 9.47 Å². The van der Waals surface area contributed by atoms with Crippen molar-refractivity contribution in [3.8, 4) is 5.75 Å². The molecule has 0 unspecified atom stereocenters. The number of rotatable bonds is 6. The number of hydrogen-bond acceptors (Lipinski definition) is 4. The van der Waals surface area contributed by atoms with Crippen LogP contribution in [0.15, 0.2) is 24.3 Å². The van der Waals surface area contributed by atoms with Crippen LogP contribution in [-0.4, -0.2) is 24.6 Å². The average molecular weight is 357 g/mol. The molecule has 0 spiro atoms. The molecule has 0 aliphatic carbocycles. The highest BCUT2D eigenvalue weighted by Gasteiger charge is 2.19. The summed E-state index contributed by atoms with van der Waals surface area (Å²) in [4.78, 5) is 23.7. The Labute approximate surface area is 154 Å². The molecule has 0 saturated heterocycles. The summed E-state index contributed by atoms with van der Waals surface area (Å²) in [7, 11) is 0. The van der Waals surface area contributed by atoms with E-state index in [1.54, 1.807) is 0 Å². The van der Waals surface area contributed by atoms with Crippen LogP contribution in [0.4, 0.5) is 10.5 Å². The molecule has 0 heterocycles. The van der Waals surface area contributed by atoms with E-state index in [1.165, 1.54) is 0 Å². The summed E-state index contributed by atoms with van der Waals surface area (Å²) >= 11 is 0.